The van der Waals surface area contributed by atoms with Crippen LogP contribution in [0.4, 0.5) is 5.69 Å². The van der Waals surface area contributed by atoms with Crippen LogP contribution in [0.2, 0.25) is 5.02 Å². The van der Waals surface area contributed by atoms with Crippen molar-refractivity contribution >= 4 is 44.7 Å². The van der Waals surface area contributed by atoms with Crippen LogP contribution >= 0.6 is 22.9 Å². The summed E-state index contributed by atoms with van der Waals surface area (Å²) in [6.07, 6.45) is 2.15. The summed E-state index contributed by atoms with van der Waals surface area (Å²) in [5.41, 5.74) is 2.87. The monoisotopic (exact) mass is 400 g/mol. The first-order valence-electron chi connectivity index (χ1n) is 9.33. The van der Waals surface area contributed by atoms with Crippen molar-refractivity contribution in [2.75, 3.05) is 25.0 Å². The van der Waals surface area contributed by atoms with E-state index in [1.54, 1.807) is 0 Å². The Hall–Kier alpha value is -1.95. The van der Waals surface area contributed by atoms with E-state index in [1.165, 1.54) is 14.6 Å². The van der Waals surface area contributed by atoms with Gasteiger partial charge in [-0.3, -0.25) is 4.79 Å². The molecule has 0 radical (unpaired) electrons. The summed E-state index contributed by atoms with van der Waals surface area (Å²) in [6, 6.07) is 14.0. The number of amides is 1. The molecule has 1 aromatic heterocycles. The third-order valence-electron chi connectivity index (χ3n) is 5.16. The van der Waals surface area contributed by atoms with Crippen molar-refractivity contribution in [3.05, 3.63) is 58.1 Å². The van der Waals surface area contributed by atoms with Crippen LogP contribution in [0.1, 0.15) is 29.3 Å². The lowest BCUT2D eigenvalue weighted by Gasteiger charge is -2.27. The van der Waals surface area contributed by atoms with Gasteiger partial charge in [0.2, 0.25) is 0 Å². The molecule has 4 nitrogen and oxygen atoms in total. The highest BCUT2D eigenvalue weighted by atomic mass is 35.5. The van der Waals surface area contributed by atoms with Crippen molar-refractivity contribution in [2.45, 2.75) is 25.7 Å². The van der Waals surface area contributed by atoms with Gasteiger partial charge in [-0.2, -0.15) is 0 Å². The Kier molecular flexibility index (Phi) is 5.43. The number of piperidine rings is 1. The van der Waals surface area contributed by atoms with Crippen LogP contribution < -0.4 is 10.2 Å². The zero-order chi connectivity index (χ0) is 18.8. The second-order valence-electron chi connectivity index (χ2n) is 7.25. The van der Waals surface area contributed by atoms with Crippen molar-refractivity contribution in [1.29, 1.82) is 0 Å². The van der Waals surface area contributed by atoms with Crippen molar-refractivity contribution in [3.63, 3.8) is 0 Å². The first kappa shape index (κ1) is 18.4. The minimum atomic E-state index is 0.0224. The second kappa shape index (κ2) is 7.97. The van der Waals surface area contributed by atoms with Crippen LogP contribution in [0.5, 0.6) is 0 Å². The second-order valence-corrected chi connectivity index (χ2v) is 8.72. The standard InChI is InChI=1S/C21H22ClN3OS/c1-14-6-7-17(16(22)12-14)23-20(26)13-25-10-8-15(9-11-25)21-24-18-4-2-3-5-19(18)27-21/h2-7,12,15H,8-11,13H2,1H3,(H,23,26)/p+1. The Balaban J connectivity index is 1.31. The molecule has 1 amide bonds. The zero-order valence-corrected chi connectivity index (χ0v) is 16.9. The van der Waals surface area contributed by atoms with E-state index in [-0.39, 0.29) is 5.91 Å². The Morgan fingerprint density at radius 2 is 2.04 bits per heavy atom. The number of carbonyl (C=O) groups is 1. The van der Waals surface area contributed by atoms with Crippen LogP contribution in [0.15, 0.2) is 42.5 Å². The Morgan fingerprint density at radius 3 is 2.78 bits per heavy atom. The molecule has 27 heavy (non-hydrogen) atoms. The topological polar surface area (TPSA) is 46.4 Å². The number of hydrogen-bond donors (Lipinski definition) is 2. The minimum Gasteiger partial charge on any atom is -0.327 e. The number of halogens is 1. The predicted molar refractivity (Wildman–Crippen MR) is 112 cm³/mol. The Labute approximate surface area is 168 Å². The van der Waals surface area contributed by atoms with Gasteiger partial charge in [-0.1, -0.05) is 29.8 Å². The number of thiazole rings is 1. The summed E-state index contributed by atoms with van der Waals surface area (Å²) in [5, 5.41) is 4.78. The quantitative estimate of drug-likeness (QED) is 0.702. The Bertz CT molecular complexity index is 930. The van der Waals surface area contributed by atoms with Gasteiger partial charge >= 0.3 is 0 Å². The molecule has 6 heteroatoms. The molecule has 2 aromatic carbocycles. The van der Waals surface area contributed by atoms with Crippen LogP contribution in [0.25, 0.3) is 10.2 Å². The van der Waals surface area contributed by atoms with Crippen molar-refractivity contribution < 1.29 is 9.69 Å². The van der Waals surface area contributed by atoms with Gasteiger partial charge < -0.3 is 10.2 Å². The highest BCUT2D eigenvalue weighted by molar-refractivity contribution is 7.18. The van der Waals surface area contributed by atoms with Crippen molar-refractivity contribution in [2.24, 2.45) is 0 Å². The van der Waals surface area contributed by atoms with E-state index in [1.807, 2.05) is 42.5 Å². The average Bonchev–Trinajstić information content (AvgIpc) is 3.09. The number of aromatic nitrogens is 1. The molecule has 1 aliphatic rings. The zero-order valence-electron chi connectivity index (χ0n) is 15.3. The molecule has 0 bridgehead atoms. The number of anilines is 1. The number of benzene rings is 2. The van der Waals surface area contributed by atoms with Gasteiger partial charge in [-0.25, -0.2) is 4.98 Å². The molecule has 0 unspecified atom stereocenters. The number of hydrogen-bond acceptors (Lipinski definition) is 3. The smallest absolute Gasteiger partial charge is 0.279 e. The lowest BCUT2D eigenvalue weighted by molar-refractivity contribution is -0.897. The normalized spacial score (nSPS) is 19.9. The number of nitrogens with zero attached hydrogens (tertiary/aromatic N) is 1. The van der Waals surface area contributed by atoms with Crippen molar-refractivity contribution in [3.8, 4) is 0 Å². The number of nitrogens with one attached hydrogen (secondary N) is 2. The number of carbonyl (C=O) groups excluding carboxylic acids is 1. The summed E-state index contributed by atoms with van der Waals surface area (Å²) in [7, 11) is 0. The minimum absolute atomic E-state index is 0.0224. The molecular weight excluding hydrogens is 378 g/mol. The fourth-order valence-electron chi connectivity index (χ4n) is 3.66. The predicted octanol–water partition coefficient (Wildman–Crippen LogP) is 3.66. The molecule has 0 atom stereocenters. The van der Waals surface area contributed by atoms with E-state index < -0.39 is 0 Å². The molecule has 0 spiro atoms. The number of likely N-dealkylation sites (tertiary alicyclic amines) is 1. The van der Waals surface area contributed by atoms with Crippen LogP contribution in [-0.4, -0.2) is 30.5 Å². The molecule has 2 N–H and O–H groups in total. The molecule has 3 aromatic rings. The van der Waals surface area contributed by atoms with Gasteiger partial charge in [0.1, 0.15) is 0 Å². The van der Waals surface area contributed by atoms with Gasteiger partial charge in [-0.05, 0) is 36.8 Å². The maximum absolute atomic E-state index is 12.4. The average molecular weight is 401 g/mol. The van der Waals surface area contributed by atoms with Crippen LogP contribution in [0, 0.1) is 6.92 Å². The first-order valence-corrected chi connectivity index (χ1v) is 10.5. The number of quaternary nitrogens is 1. The van der Waals surface area contributed by atoms with Gasteiger partial charge in [0, 0.05) is 18.8 Å². The van der Waals surface area contributed by atoms with E-state index >= 15 is 0 Å². The SMILES string of the molecule is Cc1ccc(NC(=O)C[NH+]2CCC(c3nc4ccccc4s3)CC2)c(Cl)c1. The molecule has 1 fully saturated rings. The van der Waals surface area contributed by atoms with Gasteiger partial charge in [-0.15, -0.1) is 11.3 Å². The first-order chi connectivity index (χ1) is 13.1. The van der Waals surface area contributed by atoms with E-state index in [0.717, 1.165) is 37.0 Å². The summed E-state index contributed by atoms with van der Waals surface area (Å²) >= 11 is 8.02. The number of fused-ring (bicyclic) bond motifs is 1. The highest BCUT2D eigenvalue weighted by Crippen LogP contribution is 2.31. The lowest BCUT2D eigenvalue weighted by atomic mass is 9.97. The molecule has 1 saturated heterocycles. The van der Waals surface area contributed by atoms with Crippen LogP contribution in [-0.2, 0) is 4.79 Å². The molecule has 2 heterocycles. The van der Waals surface area contributed by atoms with Gasteiger partial charge in [0.25, 0.3) is 5.91 Å². The molecule has 0 saturated carbocycles. The van der Waals surface area contributed by atoms with Crippen LogP contribution in [0.3, 0.4) is 0 Å². The maximum atomic E-state index is 12.4. The largest absolute Gasteiger partial charge is 0.327 e. The summed E-state index contributed by atoms with van der Waals surface area (Å²) in [6.45, 7) is 4.46. The van der Waals surface area contributed by atoms with Gasteiger partial charge in [0.05, 0.1) is 39.0 Å². The molecule has 0 aliphatic carbocycles. The fraction of sp³-hybridized carbons (Fsp3) is 0.333. The Morgan fingerprint density at radius 1 is 1.26 bits per heavy atom. The summed E-state index contributed by atoms with van der Waals surface area (Å²) in [5.74, 6) is 0.537. The van der Waals surface area contributed by atoms with E-state index in [4.69, 9.17) is 16.6 Å². The number of para-hydroxylation sites is 1. The maximum Gasteiger partial charge on any atom is 0.279 e. The van der Waals surface area contributed by atoms with E-state index in [0.29, 0.717) is 23.2 Å². The number of aryl methyl sites for hydroxylation is 1. The molecular formula is C21H23ClN3OS+. The molecule has 1 aliphatic heterocycles. The van der Waals surface area contributed by atoms with Crippen molar-refractivity contribution in [1.82, 2.24) is 4.98 Å². The summed E-state index contributed by atoms with van der Waals surface area (Å²) < 4.78 is 1.26. The van der Waals surface area contributed by atoms with Gasteiger partial charge in [0.15, 0.2) is 6.54 Å². The summed E-state index contributed by atoms with van der Waals surface area (Å²) in [4.78, 5) is 18.5. The fourth-order valence-corrected chi connectivity index (χ4v) is 5.08. The highest BCUT2D eigenvalue weighted by Gasteiger charge is 2.27. The number of rotatable bonds is 4. The van der Waals surface area contributed by atoms with E-state index in [2.05, 4.69) is 23.5 Å². The third kappa shape index (κ3) is 4.32. The third-order valence-corrected chi connectivity index (χ3v) is 6.67. The molecule has 4 rings (SSSR count). The van der Waals surface area contributed by atoms with E-state index in [9.17, 15) is 4.79 Å². The molecule has 140 valence electrons. The lowest BCUT2D eigenvalue weighted by Crippen LogP contribution is -3.14.